The molecule has 2 fully saturated rings. The van der Waals surface area contributed by atoms with Crippen LogP contribution in [-0.4, -0.2) is 55.1 Å². The second-order valence-corrected chi connectivity index (χ2v) is 6.69. The Morgan fingerprint density at radius 3 is 2.20 bits per heavy atom. The van der Waals surface area contributed by atoms with E-state index in [4.69, 9.17) is 0 Å². The molecule has 2 aliphatic rings. The van der Waals surface area contributed by atoms with Crippen LogP contribution < -0.4 is 9.80 Å². The summed E-state index contributed by atoms with van der Waals surface area (Å²) in [6, 6.07) is 16.2. The van der Waals surface area contributed by atoms with E-state index in [0.717, 1.165) is 45.1 Å². The lowest BCUT2D eigenvalue weighted by Crippen LogP contribution is -2.49. The van der Waals surface area contributed by atoms with Gasteiger partial charge in [0.25, 0.3) is 5.91 Å². The second-order valence-electron chi connectivity index (χ2n) is 6.69. The molecule has 4 rings (SSSR count). The number of piperazine rings is 1. The highest BCUT2D eigenvalue weighted by atomic mass is 16.2. The third kappa shape index (κ3) is 3.45. The minimum absolute atomic E-state index is 0.0498. The van der Waals surface area contributed by atoms with Crippen LogP contribution in [0.1, 0.15) is 23.3 Å². The third-order valence-electron chi connectivity index (χ3n) is 5.07. The molecule has 25 heavy (non-hydrogen) atoms. The molecule has 0 saturated carbocycles. The van der Waals surface area contributed by atoms with Crippen molar-refractivity contribution >= 4 is 17.4 Å². The maximum atomic E-state index is 12.8. The van der Waals surface area contributed by atoms with Crippen molar-refractivity contribution in [1.82, 2.24) is 9.88 Å². The lowest BCUT2D eigenvalue weighted by atomic mass is 10.2. The number of pyridine rings is 1. The van der Waals surface area contributed by atoms with Gasteiger partial charge in [0, 0.05) is 45.0 Å². The number of nitrogens with zero attached hydrogens (tertiary/aromatic N) is 4. The summed E-state index contributed by atoms with van der Waals surface area (Å²) in [5.74, 6) is 0.986. The highest BCUT2D eigenvalue weighted by molar-refractivity contribution is 5.92. The average molecular weight is 336 g/mol. The van der Waals surface area contributed by atoms with Crippen molar-refractivity contribution in [2.75, 3.05) is 49.1 Å². The van der Waals surface area contributed by atoms with Gasteiger partial charge in [-0.15, -0.1) is 0 Å². The molecule has 1 amide bonds. The molecule has 5 nitrogen and oxygen atoms in total. The van der Waals surface area contributed by atoms with Gasteiger partial charge < -0.3 is 14.7 Å². The van der Waals surface area contributed by atoms with Crippen molar-refractivity contribution in [2.24, 2.45) is 0 Å². The molecule has 0 aliphatic carbocycles. The first-order chi connectivity index (χ1) is 12.3. The van der Waals surface area contributed by atoms with E-state index in [-0.39, 0.29) is 5.91 Å². The minimum atomic E-state index is 0.0498. The van der Waals surface area contributed by atoms with Gasteiger partial charge >= 0.3 is 0 Å². The van der Waals surface area contributed by atoms with Gasteiger partial charge in [-0.25, -0.2) is 4.98 Å². The van der Waals surface area contributed by atoms with Crippen LogP contribution in [0.4, 0.5) is 11.5 Å². The number of benzene rings is 1. The lowest BCUT2D eigenvalue weighted by molar-refractivity contribution is 0.0741. The van der Waals surface area contributed by atoms with E-state index in [1.165, 1.54) is 18.5 Å². The number of hydrogen-bond acceptors (Lipinski definition) is 4. The van der Waals surface area contributed by atoms with Crippen molar-refractivity contribution in [3.8, 4) is 0 Å². The molecule has 1 aromatic carbocycles. The molecular weight excluding hydrogens is 312 g/mol. The second kappa shape index (κ2) is 7.13. The van der Waals surface area contributed by atoms with E-state index >= 15 is 0 Å². The van der Waals surface area contributed by atoms with Gasteiger partial charge in [-0.3, -0.25) is 4.79 Å². The molecule has 0 spiro atoms. The van der Waals surface area contributed by atoms with Gasteiger partial charge in [0.1, 0.15) is 11.5 Å². The molecule has 1 aromatic heterocycles. The van der Waals surface area contributed by atoms with Crippen LogP contribution >= 0.6 is 0 Å². The Kier molecular flexibility index (Phi) is 4.55. The smallest absolute Gasteiger partial charge is 0.272 e. The minimum Gasteiger partial charge on any atom is -0.368 e. The summed E-state index contributed by atoms with van der Waals surface area (Å²) in [4.78, 5) is 24.0. The zero-order valence-corrected chi connectivity index (χ0v) is 14.5. The number of carbonyl (C=O) groups excluding carboxylic acids is 1. The maximum Gasteiger partial charge on any atom is 0.272 e. The molecule has 0 atom stereocenters. The van der Waals surface area contributed by atoms with Crippen LogP contribution in [0.2, 0.25) is 0 Å². The summed E-state index contributed by atoms with van der Waals surface area (Å²) >= 11 is 0. The molecule has 0 radical (unpaired) electrons. The fraction of sp³-hybridized carbons (Fsp3) is 0.400. The largest absolute Gasteiger partial charge is 0.368 e. The molecule has 2 aromatic rings. The van der Waals surface area contributed by atoms with E-state index in [1.807, 2.05) is 29.2 Å². The Bertz CT molecular complexity index is 719. The summed E-state index contributed by atoms with van der Waals surface area (Å²) in [6.07, 6.45) is 2.42. The number of hydrogen-bond donors (Lipinski definition) is 0. The molecule has 0 bridgehead atoms. The Balaban J connectivity index is 1.41. The quantitative estimate of drug-likeness (QED) is 0.864. The molecule has 0 unspecified atom stereocenters. The number of rotatable bonds is 3. The Hall–Kier alpha value is -2.56. The molecule has 130 valence electrons. The molecular formula is C20H24N4O. The molecule has 2 aliphatic heterocycles. The van der Waals surface area contributed by atoms with Crippen LogP contribution in [0, 0.1) is 0 Å². The van der Waals surface area contributed by atoms with Gasteiger partial charge in [-0.2, -0.15) is 0 Å². The number of amides is 1. The third-order valence-corrected chi connectivity index (χ3v) is 5.07. The van der Waals surface area contributed by atoms with Crippen LogP contribution in [-0.2, 0) is 0 Å². The topological polar surface area (TPSA) is 39.7 Å². The predicted molar refractivity (Wildman–Crippen MR) is 100 cm³/mol. The highest BCUT2D eigenvalue weighted by Crippen LogP contribution is 2.20. The summed E-state index contributed by atoms with van der Waals surface area (Å²) in [5, 5.41) is 0. The molecule has 5 heteroatoms. The number of aromatic nitrogens is 1. The number of para-hydroxylation sites is 1. The van der Waals surface area contributed by atoms with Crippen LogP contribution in [0.15, 0.2) is 48.5 Å². The van der Waals surface area contributed by atoms with Crippen LogP contribution in [0.3, 0.4) is 0 Å². The van der Waals surface area contributed by atoms with Crippen molar-refractivity contribution in [3.63, 3.8) is 0 Å². The Morgan fingerprint density at radius 1 is 0.760 bits per heavy atom. The monoisotopic (exact) mass is 336 g/mol. The van der Waals surface area contributed by atoms with E-state index in [2.05, 4.69) is 39.0 Å². The number of carbonyl (C=O) groups is 1. The van der Waals surface area contributed by atoms with E-state index < -0.39 is 0 Å². The molecule has 0 N–H and O–H groups in total. The van der Waals surface area contributed by atoms with Crippen molar-refractivity contribution in [2.45, 2.75) is 12.8 Å². The predicted octanol–water partition coefficient (Wildman–Crippen LogP) is 2.64. The summed E-state index contributed by atoms with van der Waals surface area (Å²) < 4.78 is 0. The van der Waals surface area contributed by atoms with E-state index in [0.29, 0.717) is 5.69 Å². The summed E-state index contributed by atoms with van der Waals surface area (Å²) in [5.41, 5.74) is 1.79. The lowest BCUT2D eigenvalue weighted by Gasteiger charge is -2.36. The first-order valence-electron chi connectivity index (χ1n) is 9.12. The molecule has 3 heterocycles. The highest BCUT2D eigenvalue weighted by Gasteiger charge is 2.24. The average Bonchev–Trinajstić information content (AvgIpc) is 3.23. The van der Waals surface area contributed by atoms with Gasteiger partial charge in [0.15, 0.2) is 0 Å². The van der Waals surface area contributed by atoms with Crippen LogP contribution in [0.5, 0.6) is 0 Å². The maximum absolute atomic E-state index is 12.8. The first kappa shape index (κ1) is 15.9. The van der Waals surface area contributed by atoms with Gasteiger partial charge in [-0.05, 0) is 37.1 Å². The fourth-order valence-electron chi connectivity index (χ4n) is 3.63. The van der Waals surface area contributed by atoms with Crippen molar-refractivity contribution in [1.29, 1.82) is 0 Å². The molecule has 2 saturated heterocycles. The van der Waals surface area contributed by atoms with Gasteiger partial charge in [-0.1, -0.05) is 24.3 Å². The van der Waals surface area contributed by atoms with E-state index in [9.17, 15) is 4.79 Å². The van der Waals surface area contributed by atoms with Crippen molar-refractivity contribution in [3.05, 3.63) is 54.2 Å². The zero-order chi connectivity index (χ0) is 17.1. The Labute approximate surface area is 148 Å². The SMILES string of the molecule is O=C(c1cccc(N2CCCC2)n1)N1CCN(c2ccccc2)CC1. The van der Waals surface area contributed by atoms with Crippen LogP contribution in [0.25, 0.3) is 0 Å². The number of anilines is 2. The van der Waals surface area contributed by atoms with Crippen molar-refractivity contribution < 1.29 is 4.79 Å². The zero-order valence-electron chi connectivity index (χ0n) is 14.5. The van der Waals surface area contributed by atoms with Gasteiger partial charge in [0.2, 0.25) is 0 Å². The standard InChI is InChI=1S/C20H24N4O/c25-20(18-9-6-10-19(21-18)23-11-4-5-12-23)24-15-13-22(14-16-24)17-7-2-1-3-8-17/h1-3,6-10H,4-5,11-16H2. The summed E-state index contributed by atoms with van der Waals surface area (Å²) in [7, 11) is 0. The van der Waals surface area contributed by atoms with Gasteiger partial charge in [0.05, 0.1) is 0 Å². The fourth-order valence-corrected chi connectivity index (χ4v) is 3.63. The summed E-state index contributed by atoms with van der Waals surface area (Å²) in [6.45, 7) is 5.29. The van der Waals surface area contributed by atoms with E-state index in [1.54, 1.807) is 0 Å². The normalized spacial score (nSPS) is 17.8. The Morgan fingerprint density at radius 2 is 1.48 bits per heavy atom. The first-order valence-corrected chi connectivity index (χ1v) is 9.12.